The maximum atomic E-state index is 13.3. The summed E-state index contributed by atoms with van der Waals surface area (Å²) >= 11 is 0. The maximum Gasteiger partial charge on any atom is 0.491 e. The second-order valence-corrected chi connectivity index (χ2v) is 4.47. The van der Waals surface area contributed by atoms with Gasteiger partial charge in [0.15, 0.2) is 0 Å². The van der Waals surface area contributed by atoms with Crippen LogP contribution < -0.4 is 5.46 Å². The highest BCUT2D eigenvalue weighted by molar-refractivity contribution is 6.58. The van der Waals surface area contributed by atoms with Crippen molar-refractivity contribution in [3.05, 3.63) is 29.6 Å². The molecule has 2 N–H and O–H groups in total. The molecule has 1 heterocycles. The van der Waals surface area contributed by atoms with Gasteiger partial charge < -0.3 is 14.8 Å². The normalized spacial score (nSPS) is 17.5. The Morgan fingerprint density at radius 2 is 2.11 bits per heavy atom. The van der Waals surface area contributed by atoms with Crippen LogP contribution in [0, 0.1) is 5.82 Å². The molecule has 0 aromatic heterocycles. The lowest BCUT2D eigenvalue weighted by molar-refractivity contribution is 0.140. The highest BCUT2D eigenvalue weighted by atomic mass is 19.1. The average Bonchev–Trinajstić information content (AvgIpc) is 2.60. The summed E-state index contributed by atoms with van der Waals surface area (Å²) in [5.74, 6) is -0.590. The first kappa shape index (κ1) is 13.5. The zero-order valence-corrected chi connectivity index (χ0v) is 10.2. The van der Waals surface area contributed by atoms with Crippen molar-refractivity contribution in [2.45, 2.75) is 13.0 Å². The summed E-state index contributed by atoms with van der Waals surface area (Å²) in [5.41, 5.74) is 0.806. The van der Waals surface area contributed by atoms with E-state index in [1.54, 1.807) is 6.07 Å². The van der Waals surface area contributed by atoms with Gasteiger partial charge in [-0.1, -0.05) is 12.1 Å². The largest absolute Gasteiger partial charge is 0.491 e. The van der Waals surface area contributed by atoms with Crippen molar-refractivity contribution in [2.24, 2.45) is 0 Å². The molecule has 6 heteroatoms. The van der Waals surface area contributed by atoms with Gasteiger partial charge in [-0.15, -0.1) is 0 Å². The Morgan fingerprint density at radius 3 is 2.89 bits per heavy atom. The summed E-state index contributed by atoms with van der Waals surface area (Å²) in [7, 11) is -1.77. The minimum Gasteiger partial charge on any atom is -0.423 e. The van der Waals surface area contributed by atoms with Crippen molar-refractivity contribution >= 4 is 12.6 Å². The Bertz CT molecular complexity index is 395. The van der Waals surface area contributed by atoms with E-state index in [-0.39, 0.29) is 5.46 Å². The highest BCUT2D eigenvalue weighted by Crippen LogP contribution is 2.08. The predicted molar refractivity (Wildman–Crippen MR) is 66.9 cm³/mol. The summed E-state index contributed by atoms with van der Waals surface area (Å²) in [5, 5.41) is 18.1. The zero-order valence-electron chi connectivity index (χ0n) is 10.2. The minimum absolute atomic E-state index is 0.0708. The smallest absolute Gasteiger partial charge is 0.423 e. The van der Waals surface area contributed by atoms with Crippen molar-refractivity contribution in [3.63, 3.8) is 0 Å². The van der Waals surface area contributed by atoms with Gasteiger partial charge in [-0.2, -0.15) is 0 Å². The van der Waals surface area contributed by atoms with E-state index >= 15 is 0 Å². The molecule has 0 saturated carbocycles. The lowest BCUT2D eigenvalue weighted by Gasteiger charge is -2.19. The summed E-state index contributed by atoms with van der Waals surface area (Å²) in [6.07, 6.45) is 0.983. The van der Waals surface area contributed by atoms with Crippen LogP contribution in [0.1, 0.15) is 12.0 Å². The number of rotatable bonds is 3. The first-order chi connectivity index (χ1) is 8.66. The fraction of sp³-hybridized carbons (Fsp3) is 0.500. The van der Waals surface area contributed by atoms with Crippen molar-refractivity contribution in [2.75, 3.05) is 26.3 Å². The van der Waals surface area contributed by atoms with Gasteiger partial charge in [0.1, 0.15) is 5.82 Å². The van der Waals surface area contributed by atoms with Gasteiger partial charge in [-0.25, -0.2) is 4.39 Å². The first-order valence-corrected chi connectivity index (χ1v) is 6.11. The number of benzene rings is 1. The maximum absolute atomic E-state index is 13.3. The Labute approximate surface area is 106 Å². The third-order valence-electron chi connectivity index (χ3n) is 3.06. The average molecular weight is 253 g/mol. The number of ether oxygens (including phenoxy) is 1. The molecular formula is C12H17BFNO3. The molecule has 0 radical (unpaired) electrons. The highest BCUT2D eigenvalue weighted by Gasteiger charge is 2.18. The predicted octanol–water partition coefficient (Wildman–Crippen LogP) is -0.272. The van der Waals surface area contributed by atoms with Gasteiger partial charge in [-0.05, 0) is 18.1 Å². The lowest BCUT2D eigenvalue weighted by Crippen LogP contribution is -2.34. The Balaban J connectivity index is 2.06. The summed E-state index contributed by atoms with van der Waals surface area (Å²) in [6, 6.07) is 4.46. The Kier molecular flexibility index (Phi) is 4.71. The van der Waals surface area contributed by atoms with Gasteiger partial charge in [0, 0.05) is 31.7 Å². The molecule has 2 rings (SSSR count). The fourth-order valence-electron chi connectivity index (χ4n) is 2.10. The fourth-order valence-corrected chi connectivity index (χ4v) is 2.10. The van der Waals surface area contributed by atoms with Crippen LogP contribution in [0.5, 0.6) is 0 Å². The molecular weight excluding hydrogens is 236 g/mol. The van der Waals surface area contributed by atoms with Crippen LogP contribution in [0.15, 0.2) is 18.2 Å². The number of nitrogens with zero attached hydrogens (tertiary/aromatic N) is 1. The van der Waals surface area contributed by atoms with Gasteiger partial charge in [0.2, 0.25) is 0 Å². The molecule has 1 fully saturated rings. The van der Waals surface area contributed by atoms with Gasteiger partial charge in [0.05, 0.1) is 6.61 Å². The van der Waals surface area contributed by atoms with Crippen molar-refractivity contribution in [1.82, 2.24) is 4.90 Å². The van der Waals surface area contributed by atoms with Crippen molar-refractivity contribution in [1.29, 1.82) is 0 Å². The van der Waals surface area contributed by atoms with Crippen LogP contribution in [0.2, 0.25) is 0 Å². The van der Waals surface area contributed by atoms with Crippen LogP contribution in [0.3, 0.4) is 0 Å². The van der Waals surface area contributed by atoms with Crippen LogP contribution in [-0.4, -0.2) is 48.4 Å². The van der Waals surface area contributed by atoms with E-state index in [0.29, 0.717) is 13.2 Å². The van der Waals surface area contributed by atoms with E-state index in [4.69, 9.17) is 14.8 Å². The molecule has 1 saturated heterocycles. The quantitative estimate of drug-likeness (QED) is 0.728. The third kappa shape index (κ3) is 3.52. The SMILES string of the molecule is OB(O)c1cc(CN2CCCOCC2)ccc1F. The zero-order chi connectivity index (χ0) is 13.0. The van der Waals surface area contributed by atoms with Gasteiger partial charge in [0.25, 0.3) is 0 Å². The molecule has 0 atom stereocenters. The molecule has 1 aliphatic heterocycles. The topological polar surface area (TPSA) is 52.9 Å². The molecule has 1 aliphatic rings. The number of halogens is 1. The lowest BCUT2D eigenvalue weighted by atomic mass is 9.79. The Hall–Kier alpha value is -0.945. The van der Waals surface area contributed by atoms with Crippen LogP contribution >= 0.6 is 0 Å². The minimum atomic E-state index is -1.77. The van der Waals surface area contributed by atoms with Crippen LogP contribution in [0.4, 0.5) is 4.39 Å². The first-order valence-electron chi connectivity index (χ1n) is 6.11. The van der Waals surface area contributed by atoms with Crippen molar-refractivity contribution < 1.29 is 19.2 Å². The number of hydrogen-bond donors (Lipinski definition) is 2. The van der Waals surface area contributed by atoms with Crippen LogP contribution in [0.25, 0.3) is 0 Å². The Morgan fingerprint density at radius 1 is 1.28 bits per heavy atom. The van der Waals surface area contributed by atoms with E-state index < -0.39 is 12.9 Å². The molecule has 0 spiro atoms. The second kappa shape index (κ2) is 6.29. The molecule has 0 bridgehead atoms. The standard InChI is InChI=1S/C12H17BFNO3/c14-12-3-2-10(8-11(12)13(16)17)9-15-4-1-6-18-7-5-15/h2-3,8,16-17H,1,4-7,9H2. The molecule has 1 aromatic rings. The molecule has 1 aromatic carbocycles. The molecule has 4 nitrogen and oxygen atoms in total. The van der Waals surface area contributed by atoms with Gasteiger partial charge >= 0.3 is 7.12 Å². The van der Waals surface area contributed by atoms with E-state index in [1.807, 2.05) is 0 Å². The van der Waals surface area contributed by atoms with E-state index in [0.717, 1.165) is 31.7 Å². The van der Waals surface area contributed by atoms with Crippen LogP contribution in [-0.2, 0) is 11.3 Å². The van der Waals surface area contributed by atoms with E-state index in [9.17, 15) is 4.39 Å². The van der Waals surface area contributed by atoms with E-state index in [2.05, 4.69) is 4.90 Å². The van der Waals surface area contributed by atoms with Crippen molar-refractivity contribution in [3.8, 4) is 0 Å². The van der Waals surface area contributed by atoms with E-state index in [1.165, 1.54) is 12.1 Å². The van der Waals surface area contributed by atoms with Gasteiger partial charge in [-0.3, -0.25) is 4.90 Å². The summed E-state index contributed by atoms with van der Waals surface area (Å²) in [6.45, 7) is 3.93. The summed E-state index contributed by atoms with van der Waals surface area (Å²) in [4.78, 5) is 2.22. The summed E-state index contributed by atoms with van der Waals surface area (Å²) < 4.78 is 18.7. The molecule has 98 valence electrons. The monoisotopic (exact) mass is 253 g/mol. The molecule has 0 aliphatic carbocycles. The molecule has 0 unspecified atom stereocenters. The third-order valence-corrected chi connectivity index (χ3v) is 3.06. The molecule has 0 amide bonds. The number of hydrogen-bond acceptors (Lipinski definition) is 4. The second-order valence-electron chi connectivity index (χ2n) is 4.47. The molecule has 18 heavy (non-hydrogen) atoms.